The molecule has 0 amide bonds. The van der Waals surface area contributed by atoms with Crippen molar-refractivity contribution in [3.8, 4) is 5.75 Å². The van der Waals surface area contributed by atoms with E-state index >= 15 is 0 Å². The Morgan fingerprint density at radius 2 is 1.95 bits per heavy atom. The van der Waals surface area contributed by atoms with Crippen LogP contribution < -0.4 is 9.46 Å². The lowest BCUT2D eigenvalue weighted by Crippen LogP contribution is -2.29. The van der Waals surface area contributed by atoms with Crippen molar-refractivity contribution >= 4 is 11.3 Å². The standard InChI is InChI=1S/C15H21F2NO3S/c16-14-6-5-13(9-15(14)17)21-10-12-4-2-1-3-11(12)7-8-18-22(19)20/h5-6,9,11-12,18H,1-4,7-8,10H2,(H,19,20)/p-1. The Labute approximate surface area is 131 Å². The predicted molar refractivity (Wildman–Crippen MR) is 78.8 cm³/mol. The van der Waals surface area contributed by atoms with Crippen LogP contribution in [0.25, 0.3) is 0 Å². The molecule has 0 aliphatic heterocycles. The number of halogens is 2. The van der Waals surface area contributed by atoms with Gasteiger partial charge in [-0.1, -0.05) is 19.3 Å². The first-order valence-corrected chi connectivity index (χ1v) is 8.54. The Morgan fingerprint density at radius 3 is 2.64 bits per heavy atom. The number of benzene rings is 1. The summed E-state index contributed by atoms with van der Waals surface area (Å²) in [6, 6.07) is 3.52. The molecule has 0 spiro atoms. The fraction of sp³-hybridized carbons (Fsp3) is 0.600. The second-order valence-corrected chi connectivity index (χ2v) is 6.37. The van der Waals surface area contributed by atoms with Crippen LogP contribution in [0, 0.1) is 23.5 Å². The van der Waals surface area contributed by atoms with Gasteiger partial charge in [-0.05, 0) is 36.8 Å². The van der Waals surface area contributed by atoms with Gasteiger partial charge in [-0.25, -0.2) is 13.5 Å². The molecule has 1 aromatic carbocycles. The molecule has 1 fully saturated rings. The summed E-state index contributed by atoms with van der Waals surface area (Å²) in [5, 5.41) is 0. The van der Waals surface area contributed by atoms with Gasteiger partial charge in [-0.3, -0.25) is 4.21 Å². The third-order valence-corrected chi connectivity index (χ3v) is 4.60. The fourth-order valence-corrected chi connectivity index (χ4v) is 3.27. The first-order chi connectivity index (χ1) is 10.6. The smallest absolute Gasteiger partial charge is 0.162 e. The summed E-state index contributed by atoms with van der Waals surface area (Å²) >= 11 is -2.23. The molecule has 7 heteroatoms. The third kappa shape index (κ3) is 5.30. The van der Waals surface area contributed by atoms with E-state index in [0.717, 1.165) is 44.2 Å². The Kier molecular flexibility index (Phi) is 6.72. The average Bonchev–Trinajstić information content (AvgIpc) is 2.49. The first-order valence-electron chi connectivity index (χ1n) is 7.47. The van der Waals surface area contributed by atoms with E-state index in [9.17, 15) is 17.5 Å². The number of ether oxygens (including phenoxy) is 1. The molecule has 2 rings (SSSR count). The van der Waals surface area contributed by atoms with Gasteiger partial charge in [-0.15, -0.1) is 0 Å². The molecule has 0 bridgehead atoms. The molecule has 1 aliphatic carbocycles. The van der Waals surface area contributed by atoms with Crippen molar-refractivity contribution in [2.75, 3.05) is 13.2 Å². The quantitative estimate of drug-likeness (QED) is 0.781. The number of hydrogen-bond acceptors (Lipinski definition) is 3. The van der Waals surface area contributed by atoms with E-state index in [2.05, 4.69) is 4.72 Å². The van der Waals surface area contributed by atoms with Crippen molar-refractivity contribution in [3.63, 3.8) is 0 Å². The van der Waals surface area contributed by atoms with Crippen molar-refractivity contribution < 1.29 is 22.3 Å². The summed E-state index contributed by atoms with van der Waals surface area (Å²) < 4.78 is 55.0. The van der Waals surface area contributed by atoms with Crippen LogP contribution >= 0.6 is 0 Å². The summed E-state index contributed by atoms with van der Waals surface area (Å²) in [6.45, 7) is 0.860. The lowest BCUT2D eigenvalue weighted by molar-refractivity contribution is 0.143. The molecule has 1 saturated carbocycles. The van der Waals surface area contributed by atoms with E-state index in [4.69, 9.17) is 4.74 Å². The SMILES string of the molecule is O=S([O-])NCCC1CCCCC1COc1ccc(F)c(F)c1. The van der Waals surface area contributed by atoms with Crippen LogP contribution in [-0.2, 0) is 11.3 Å². The molecule has 1 aliphatic rings. The highest BCUT2D eigenvalue weighted by Gasteiger charge is 2.25. The summed E-state index contributed by atoms with van der Waals surface area (Å²) in [6.07, 6.45) is 5.06. The monoisotopic (exact) mass is 332 g/mol. The van der Waals surface area contributed by atoms with Gasteiger partial charge in [-0.2, -0.15) is 0 Å². The minimum atomic E-state index is -2.23. The molecule has 0 heterocycles. The number of rotatable bonds is 7. The summed E-state index contributed by atoms with van der Waals surface area (Å²) in [5.74, 6) is -0.791. The molecule has 3 unspecified atom stereocenters. The molecule has 0 aromatic heterocycles. The second-order valence-electron chi connectivity index (χ2n) is 5.61. The van der Waals surface area contributed by atoms with E-state index in [0.29, 0.717) is 30.7 Å². The molecule has 1 aromatic rings. The largest absolute Gasteiger partial charge is 0.760 e. The molecule has 4 nitrogen and oxygen atoms in total. The number of nitrogens with one attached hydrogen (secondary N) is 1. The van der Waals surface area contributed by atoms with Crippen LogP contribution in [0.2, 0.25) is 0 Å². The maximum absolute atomic E-state index is 13.1. The summed E-state index contributed by atoms with van der Waals surface area (Å²) in [4.78, 5) is 0. The molecule has 0 saturated heterocycles. The van der Waals surface area contributed by atoms with E-state index in [1.165, 1.54) is 6.07 Å². The molecular formula is C15H20F2NO3S-. The van der Waals surface area contributed by atoms with Crippen LogP contribution in [0.4, 0.5) is 8.78 Å². The Balaban J connectivity index is 1.85. The van der Waals surface area contributed by atoms with E-state index in [1.54, 1.807) is 0 Å². The molecule has 0 radical (unpaired) electrons. The average molecular weight is 332 g/mol. The minimum Gasteiger partial charge on any atom is -0.760 e. The van der Waals surface area contributed by atoms with Crippen molar-refractivity contribution in [3.05, 3.63) is 29.8 Å². The highest BCUT2D eigenvalue weighted by atomic mass is 32.2. The minimum absolute atomic E-state index is 0.309. The molecule has 1 N–H and O–H groups in total. The molecule has 3 atom stereocenters. The van der Waals surface area contributed by atoms with E-state index in [-0.39, 0.29) is 0 Å². The first kappa shape index (κ1) is 17.3. The number of hydrogen-bond donors (Lipinski definition) is 1. The Hall–Kier alpha value is -1.05. The Morgan fingerprint density at radius 1 is 1.23 bits per heavy atom. The highest BCUT2D eigenvalue weighted by Crippen LogP contribution is 2.32. The second kappa shape index (κ2) is 8.55. The zero-order valence-corrected chi connectivity index (χ0v) is 13.0. The lowest BCUT2D eigenvalue weighted by Gasteiger charge is -2.31. The van der Waals surface area contributed by atoms with Gasteiger partial charge in [0.25, 0.3) is 0 Å². The van der Waals surface area contributed by atoms with Crippen molar-refractivity contribution in [2.45, 2.75) is 32.1 Å². The van der Waals surface area contributed by atoms with E-state index in [1.807, 2.05) is 0 Å². The molecule has 124 valence electrons. The lowest BCUT2D eigenvalue weighted by atomic mass is 9.78. The van der Waals surface area contributed by atoms with Crippen molar-refractivity contribution in [1.29, 1.82) is 0 Å². The van der Waals surface area contributed by atoms with Gasteiger partial charge in [0.2, 0.25) is 0 Å². The van der Waals surface area contributed by atoms with Gasteiger partial charge >= 0.3 is 0 Å². The highest BCUT2D eigenvalue weighted by molar-refractivity contribution is 7.77. The van der Waals surface area contributed by atoms with Crippen LogP contribution in [0.3, 0.4) is 0 Å². The normalized spacial score (nSPS) is 23.2. The fourth-order valence-electron chi connectivity index (χ4n) is 2.98. The topological polar surface area (TPSA) is 61.4 Å². The van der Waals surface area contributed by atoms with Crippen LogP contribution in [0.1, 0.15) is 32.1 Å². The van der Waals surface area contributed by atoms with Gasteiger partial charge < -0.3 is 9.29 Å². The van der Waals surface area contributed by atoms with Gasteiger partial charge in [0, 0.05) is 23.9 Å². The molecular weight excluding hydrogens is 312 g/mol. The third-order valence-electron chi connectivity index (χ3n) is 4.16. The summed E-state index contributed by atoms with van der Waals surface area (Å²) in [5.41, 5.74) is 0. The zero-order chi connectivity index (χ0) is 15.9. The summed E-state index contributed by atoms with van der Waals surface area (Å²) in [7, 11) is 0. The van der Waals surface area contributed by atoms with Gasteiger partial charge in [0.1, 0.15) is 5.75 Å². The van der Waals surface area contributed by atoms with Crippen LogP contribution in [-0.4, -0.2) is 21.9 Å². The Bertz CT molecular complexity index is 516. The predicted octanol–water partition coefficient (Wildman–Crippen LogP) is 2.92. The maximum atomic E-state index is 13.1. The van der Waals surface area contributed by atoms with Crippen molar-refractivity contribution in [1.82, 2.24) is 4.72 Å². The van der Waals surface area contributed by atoms with E-state index < -0.39 is 22.9 Å². The maximum Gasteiger partial charge on any atom is 0.162 e. The molecule has 22 heavy (non-hydrogen) atoms. The van der Waals surface area contributed by atoms with Gasteiger partial charge in [0.15, 0.2) is 11.6 Å². The van der Waals surface area contributed by atoms with Crippen molar-refractivity contribution in [2.24, 2.45) is 11.8 Å². The van der Waals surface area contributed by atoms with Crippen LogP contribution in [0.5, 0.6) is 5.75 Å². The zero-order valence-electron chi connectivity index (χ0n) is 12.2. The van der Waals surface area contributed by atoms with Gasteiger partial charge in [0.05, 0.1) is 6.61 Å². The van der Waals surface area contributed by atoms with Crippen LogP contribution in [0.15, 0.2) is 18.2 Å².